The number of aromatic nitrogens is 2. The molecule has 3 heterocycles. The van der Waals surface area contributed by atoms with Crippen LogP contribution in [0.15, 0.2) is 119 Å². The molecule has 30 heavy (non-hydrogen) atoms. The molecule has 144 valence electrons. The Labute approximate surface area is 175 Å². The van der Waals surface area contributed by atoms with Crippen LogP contribution in [0.25, 0.3) is 0 Å². The summed E-state index contributed by atoms with van der Waals surface area (Å²) in [6, 6.07) is 32.1. The van der Waals surface area contributed by atoms with Crippen molar-refractivity contribution >= 4 is 11.4 Å². The lowest BCUT2D eigenvalue weighted by Crippen LogP contribution is -2.27. The normalized spacial score (nSPS) is 18.4. The van der Waals surface area contributed by atoms with E-state index in [4.69, 9.17) is 9.98 Å². The van der Waals surface area contributed by atoms with Gasteiger partial charge in [-0.05, 0) is 35.4 Å². The lowest BCUT2D eigenvalue weighted by Gasteiger charge is -2.28. The van der Waals surface area contributed by atoms with Crippen LogP contribution < -0.4 is 0 Å². The van der Waals surface area contributed by atoms with Crippen LogP contribution in [0.3, 0.4) is 0 Å². The fourth-order valence-corrected chi connectivity index (χ4v) is 3.74. The molecular formula is C26H20N4. The monoisotopic (exact) mass is 388 g/mol. The van der Waals surface area contributed by atoms with Crippen LogP contribution in [0.1, 0.15) is 34.6 Å². The number of pyridine rings is 2. The average Bonchev–Trinajstić information content (AvgIpc) is 2.85. The maximum atomic E-state index is 5.22. The van der Waals surface area contributed by atoms with Gasteiger partial charge in [-0.3, -0.25) is 20.0 Å². The lowest BCUT2D eigenvalue weighted by molar-refractivity contribution is 0.574. The molecule has 4 aromatic rings. The second-order valence-corrected chi connectivity index (χ2v) is 7.10. The minimum absolute atomic E-state index is 0.141. The highest BCUT2D eigenvalue weighted by molar-refractivity contribution is 6.53. The van der Waals surface area contributed by atoms with Crippen LogP contribution in [0.4, 0.5) is 0 Å². The minimum atomic E-state index is -0.141. The van der Waals surface area contributed by atoms with Crippen LogP contribution in [0, 0.1) is 0 Å². The predicted octanol–water partition coefficient (Wildman–Crippen LogP) is 5.25. The molecule has 0 N–H and O–H groups in total. The summed E-state index contributed by atoms with van der Waals surface area (Å²) in [6.45, 7) is 0. The molecule has 4 heteroatoms. The molecule has 0 saturated carbocycles. The lowest BCUT2D eigenvalue weighted by atomic mass is 9.91. The van der Waals surface area contributed by atoms with E-state index in [1.165, 1.54) is 0 Å². The zero-order valence-electron chi connectivity index (χ0n) is 16.3. The van der Waals surface area contributed by atoms with Crippen molar-refractivity contribution in [3.05, 3.63) is 132 Å². The Morgan fingerprint density at radius 3 is 1.20 bits per heavy atom. The molecule has 2 unspecified atom stereocenters. The molecule has 0 saturated heterocycles. The van der Waals surface area contributed by atoms with Crippen LogP contribution in [0.2, 0.25) is 0 Å². The molecule has 0 radical (unpaired) electrons. The van der Waals surface area contributed by atoms with E-state index < -0.39 is 0 Å². The van der Waals surface area contributed by atoms with Gasteiger partial charge in [-0.15, -0.1) is 0 Å². The first-order chi connectivity index (χ1) is 14.9. The van der Waals surface area contributed by atoms with E-state index >= 15 is 0 Å². The van der Waals surface area contributed by atoms with Crippen molar-refractivity contribution in [2.45, 2.75) is 12.1 Å². The van der Waals surface area contributed by atoms with Gasteiger partial charge in [-0.1, -0.05) is 72.8 Å². The van der Waals surface area contributed by atoms with Gasteiger partial charge < -0.3 is 0 Å². The Hall–Kier alpha value is -3.92. The van der Waals surface area contributed by atoms with Gasteiger partial charge in [0.25, 0.3) is 0 Å². The zero-order valence-corrected chi connectivity index (χ0v) is 16.3. The maximum Gasteiger partial charge on any atom is 0.111 e. The van der Waals surface area contributed by atoms with E-state index in [0.29, 0.717) is 0 Å². The van der Waals surface area contributed by atoms with Gasteiger partial charge in [-0.25, -0.2) is 0 Å². The third-order valence-electron chi connectivity index (χ3n) is 5.16. The second kappa shape index (κ2) is 8.21. The Morgan fingerprint density at radius 2 is 0.833 bits per heavy atom. The molecule has 0 bridgehead atoms. The fraction of sp³-hybridized carbons (Fsp3) is 0.0769. The Bertz CT molecular complexity index is 1070. The van der Waals surface area contributed by atoms with Gasteiger partial charge in [0, 0.05) is 12.4 Å². The molecule has 0 amide bonds. The van der Waals surface area contributed by atoms with E-state index in [-0.39, 0.29) is 12.1 Å². The van der Waals surface area contributed by atoms with E-state index in [1.807, 2.05) is 72.8 Å². The van der Waals surface area contributed by atoms with Crippen LogP contribution in [-0.4, -0.2) is 21.4 Å². The highest BCUT2D eigenvalue weighted by Gasteiger charge is 2.32. The van der Waals surface area contributed by atoms with Gasteiger partial charge in [0.15, 0.2) is 0 Å². The van der Waals surface area contributed by atoms with E-state index in [2.05, 4.69) is 34.2 Å². The van der Waals surface area contributed by atoms with E-state index in [9.17, 15) is 0 Å². The Balaban J connectivity index is 1.72. The molecular weight excluding hydrogens is 368 g/mol. The summed E-state index contributed by atoms with van der Waals surface area (Å²) in [5, 5.41) is 0. The molecule has 2 atom stereocenters. The molecule has 0 spiro atoms. The summed E-state index contributed by atoms with van der Waals surface area (Å²) < 4.78 is 0. The molecule has 0 aliphatic carbocycles. The first-order valence-corrected chi connectivity index (χ1v) is 9.99. The summed E-state index contributed by atoms with van der Waals surface area (Å²) in [5.74, 6) is 0. The topological polar surface area (TPSA) is 50.5 Å². The molecule has 1 aliphatic rings. The number of hydrogen-bond acceptors (Lipinski definition) is 4. The second-order valence-electron chi connectivity index (χ2n) is 7.10. The summed E-state index contributed by atoms with van der Waals surface area (Å²) in [6.07, 6.45) is 3.57. The van der Waals surface area contributed by atoms with Gasteiger partial charge in [0.05, 0.1) is 11.4 Å². The molecule has 4 nitrogen and oxygen atoms in total. The van der Waals surface area contributed by atoms with Gasteiger partial charge in [0.2, 0.25) is 0 Å². The summed E-state index contributed by atoms with van der Waals surface area (Å²) in [5.41, 5.74) is 5.40. The highest BCUT2D eigenvalue weighted by Crippen LogP contribution is 2.39. The third-order valence-corrected chi connectivity index (χ3v) is 5.16. The highest BCUT2D eigenvalue weighted by atomic mass is 15.0. The van der Waals surface area contributed by atoms with E-state index in [1.54, 1.807) is 12.4 Å². The number of benzene rings is 2. The van der Waals surface area contributed by atoms with Gasteiger partial charge >= 0.3 is 0 Å². The van der Waals surface area contributed by atoms with Crippen molar-refractivity contribution < 1.29 is 0 Å². The average molecular weight is 388 g/mol. The molecule has 1 aliphatic heterocycles. The summed E-state index contributed by atoms with van der Waals surface area (Å²) >= 11 is 0. The third kappa shape index (κ3) is 3.55. The van der Waals surface area contributed by atoms with Crippen molar-refractivity contribution in [2.24, 2.45) is 9.98 Å². The quantitative estimate of drug-likeness (QED) is 0.479. The summed E-state index contributed by atoms with van der Waals surface area (Å²) in [7, 11) is 0. The predicted molar refractivity (Wildman–Crippen MR) is 120 cm³/mol. The van der Waals surface area contributed by atoms with Crippen LogP contribution >= 0.6 is 0 Å². The fourth-order valence-electron chi connectivity index (χ4n) is 3.74. The minimum Gasteiger partial charge on any atom is -0.270 e. The largest absolute Gasteiger partial charge is 0.270 e. The Morgan fingerprint density at radius 1 is 0.433 bits per heavy atom. The first-order valence-electron chi connectivity index (χ1n) is 9.99. The van der Waals surface area contributed by atoms with E-state index in [0.717, 1.165) is 33.9 Å². The standard InChI is InChI=1S/C26H20N4/c1-3-11-19(12-4-1)23-24(20-13-5-2-6-14-20)30-26(22-16-8-10-18-28-22)25(29-23)21-15-7-9-17-27-21/h1-18,23-24H. The van der Waals surface area contributed by atoms with Gasteiger partial charge in [-0.2, -0.15) is 0 Å². The van der Waals surface area contributed by atoms with Crippen molar-refractivity contribution in [1.29, 1.82) is 0 Å². The van der Waals surface area contributed by atoms with Crippen molar-refractivity contribution in [3.8, 4) is 0 Å². The number of hydrogen-bond donors (Lipinski definition) is 0. The first kappa shape index (κ1) is 18.1. The summed E-state index contributed by atoms with van der Waals surface area (Å²) in [4.78, 5) is 19.6. The van der Waals surface area contributed by atoms with Gasteiger partial charge in [0.1, 0.15) is 23.5 Å². The smallest absolute Gasteiger partial charge is 0.111 e. The zero-order chi connectivity index (χ0) is 20.2. The van der Waals surface area contributed by atoms with Crippen molar-refractivity contribution in [3.63, 3.8) is 0 Å². The number of rotatable bonds is 4. The van der Waals surface area contributed by atoms with Crippen molar-refractivity contribution in [1.82, 2.24) is 9.97 Å². The maximum absolute atomic E-state index is 5.22. The molecule has 2 aromatic carbocycles. The number of aliphatic imine (C=N–C) groups is 2. The molecule has 0 fully saturated rings. The molecule has 5 rings (SSSR count). The Kier molecular flexibility index (Phi) is 4.96. The van der Waals surface area contributed by atoms with Crippen LogP contribution in [0.5, 0.6) is 0 Å². The SMILES string of the molecule is c1ccc(C2N=C(c3ccccn3)C(c3ccccn3)=NC2c2ccccc2)cc1. The number of nitrogens with zero attached hydrogens (tertiary/aromatic N) is 4. The molecule has 2 aromatic heterocycles. The van der Waals surface area contributed by atoms with Crippen LogP contribution in [-0.2, 0) is 0 Å². The van der Waals surface area contributed by atoms with Crippen molar-refractivity contribution in [2.75, 3.05) is 0 Å².